The van der Waals surface area contributed by atoms with Crippen LogP contribution in [0.5, 0.6) is 0 Å². The van der Waals surface area contributed by atoms with Crippen LogP contribution in [0, 0.1) is 0 Å². The van der Waals surface area contributed by atoms with E-state index in [0.29, 0.717) is 23.2 Å². The lowest BCUT2D eigenvalue weighted by atomic mass is 10.2. The number of halogens is 1. The number of hydrogen-bond acceptors (Lipinski definition) is 5. The van der Waals surface area contributed by atoms with Crippen molar-refractivity contribution < 1.29 is 0 Å². The molecular formula is C12H22BrN5O. The van der Waals surface area contributed by atoms with Gasteiger partial charge in [0.05, 0.1) is 18.4 Å². The van der Waals surface area contributed by atoms with Crippen LogP contribution in [0.15, 0.2) is 15.5 Å². The summed E-state index contributed by atoms with van der Waals surface area (Å²) in [6.45, 7) is 3.90. The summed E-state index contributed by atoms with van der Waals surface area (Å²) in [7, 11) is 3.92. The molecule has 108 valence electrons. The van der Waals surface area contributed by atoms with Crippen molar-refractivity contribution in [3.63, 3.8) is 0 Å². The van der Waals surface area contributed by atoms with Crippen molar-refractivity contribution in [2.45, 2.75) is 25.9 Å². The van der Waals surface area contributed by atoms with Crippen LogP contribution in [0.1, 0.15) is 13.3 Å². The molecule has 0 saturated heterocycles. The standard InChI is InChI=1S/C12H22BrN5O/c1-4-9(7-14)16-10-8-15-18(6-5-17(2)3)12(19)11(10)13/h8-9,16H,4-7,14H2,1-3H3. The van der Waals surface area contributed by atoms with E-state index in [-0.39, 0.29) is 11.6 Å². The Morgan fingerprint density at radius 1 is 1.58 bits per heavy atom. The molecular weight excluding hydrogens is 310 g/mol. The van der Waals surface area contributed by atoms with Crippen LogP contribution in [0.3, 0.4) is 0 Å². The fourth-order valence-electron chi connectivity index (χ4n) is 1.57. The number of nitrogens with zero attached hydrogens (tertiary/aromatic N) is 3. The summed E-state index contributed by atoms with van der Waals surface area (Å²) in [6.07, 6.45) is 2.56. The molecule has 0 fully saturated rings. The quantitative estimate of drug-likeness (QED) is 0.769. The molecule has 1 heterocycles. The average molecular weight is 332 g/mol. The summed E-state index contributed by atoms with van der Waals surface area (Å²) in [5.74, 6) is 0. The highest BCUT2D eigenvalue weighted by atomic mass is 79.9. The van der Waals surface area contributed by atoms with Crippen LogP contribution in [0.25, 0.3) is 0 Å². The maximum atomic E-state index is 12.1. The lowest BCUT2D eigenvalue weighted by Crippen LogP contribution is -2.32. The van der Waals surface area contributed by atoms with E-state index in [9.17, 15) is 4.79 Å². The van der Waals surface area contributed by atoms with Gasteiger partial charge >= 0.3 is 0 Å². The van der Waals surface area contributed by atoms with Gasteiger partial charge in [-0.05, 0) is 36.4 Å². The number of nitrogens with two attached hydrogens (primary N) is 1. The number of nitrogens with one attached hydrogen (secondary N) is 1. The van der Waals surface area contributed by atoms with Gasteiger partial charge in [0.2, 0.25) is 0 Å². The maximum Gasteiger partial charge on any atom is 0.283 e. The van der Waals surface area contributed by atoms with Gasteiger partial charge in [0.1, 0.15) is 4.47 Å². The first-order valence-corrected chi connectivity index (χ1v) is 7.15. The van der Waals surface area contributed by atoms with Crippen LogP contribution in [0.2, 0.25) is 0 Å². The van der Waals surface area contributed by atoms with Gasteiger partial charge in [0, 0.05) is 19.1 Å². The first-order chi connectivity index (χ1) is 8.99. The molecule has 0 aliphatic rings. The van der Waals surface area contributed by atoms with Gasteiger partial charge in [-0.25, -0.2) is 4.68 Å². The second kappa shape index (κ2) is 7.62. The lowest BCUT2D eigenvalue weighted by molar-refractivity contribution is 0.367. The van der Waals surface area contributed by atoms with E-state index in [1.165, 1.54) is 4.68 Å². The number of likely N-dealkylation sites (N-methyl/N-ethyl adjacent to an activating group) is 1. The normalized spacial score (nSPS) is 12.7. The fourth-order valence-corrected chi connectivity index (χ4v) is 1.99. The van der Waals surface area contributed by atoms with E-state index < -0.39 is 0 Å². The largest absolute Gasteiger partial charge is 0.379 e. The van der Waals surface area contributed by atoms with Crippen LogP contribution in [0.4, 0.5) is 5.69 Å². The Labute approximate surface area is 122 Å². The van der Waals surface area contributed by atoms with E-state index in [0.717, 1.165) is 13.0 Å². The van der Waals surface area contributed by atoms with E-state index in [1.54, 1.807) is 6.20 Å². The van der Waals surface area contributed by atoms with Gasteiger partial charge in [0.25, 0.3) is 5.56 Å². The van der Waals surface area contributed by atoms with Crippen molar-refractivity contribution in [1.82, 2.24) is 14.7 Å². The molecule has 1 unspecified atom stereocenters. The summed E-state index contributed by atoms with van der Waals surface area (Å²) >= 11 is 3.33. The minimum atomic E-state index is -0.126. The van der Waals surface area contributed by atoms with Gasteiger partial charge in [-0.1, -0.05) is 6.92 Å². The second-order valence-corrected chi connectivity index (χ2v) is 5.48. The number of anilines is 1. The minimum absolute atomic E-state index is 0.126. The van der Waals surface area contributed by atoms with Gasteiger partial charge < -0.3 is 16.0 Å². The smallest absolute Gasteiger partial charge is 0.283 e. The molecule has 1 rings (SSSR count). The molecule has 0 aliphatic heterocycles. The van der Waals surface area contributed by atoms with E-state index in [4.69, 9.17) is 5.73 Å². The highest BCUT2D eigenvalue weighted by Gasteiger charge is 2.11. The minimum Gasteiger partial charge on any atom is -0.379 e. The molecule has 0 saturated carbocycles. The second-order valence-electron chi connectivity index (χ2n) is 4.69. The molecule has 19 heavy (non-hydrogen) atoms. The summed E-state index contributed by atoms with van der Waals surface area (Å²) in [4.78, 5) is 14.1. The zero-order chi connectivity index (χ0) is 14.4. The molecule has 7 heteroatoms. The van der Waals surface area contributed by atoms with Crippen molar-refractivity contribution in [2.24, 2.45) is 5.73 Å². The molecule has 0 aliphatic carbocycles. The maximum absolute atomic E-state index is 12.1. The number of aromatic nitrogens is 2. The molecule has 0 amide bonds. The van der Waals surface area contributed by atoms with Gasteiger partial charge in [-0.2, -0.15) is 5.10 Å². The SMILES string of the molecule is CCC(CN)Nc1cnn(CCN(C)C)c(=O)c1Br. The van der Waals surface area contributed by atoms with Crippen molar-refractivity contribution in [1.29, 1.82) is 0 Å². The zero-order valence-electron chi connectivity index (χ0n) is 11.7. The molecule has 3 N–H and O–H groups in total. The summed E-state index contributed by atoms with van der Waals surface area (Å²) < 4.78 is 1.96. The Bertz CT molecular complexity index is 456. The fraction of sp³-hybridized carbons (Fsp3) is 0.667. The summed E-state index contributed by atoms with van der Waals surface area (Å²) in [5.41, 5.74) is 6.21. The monoisotopic (exact) mass is 331 g/mol. The number of hydrogen-bond donors (Lipinski definition) is 2. The highest BCUT2D eigenvalue weighted by molar-refractivity contribution is 9.10. The van der Waals surface area contributed by atoms with Crippen molar-refractivity contribution >= 4 is 21.6 Å². The summed E-state index contributed by atoms with van der Waals surface area (Å²) in [5, 5.41) is 7.40. The van der Waals surface area contributed by atoms with E-state index in [2.05, 4.69) is 26.3 Å². The van der Waals surface area contributed by atoms with E-state index >= 15 is 0 Å². The molecule has 6 nitrogen and oxygen atoms in total. The third-order valence-corrected chi connectivity index (χ3v) is 3.65. The third kappa shape index (κ3) is 4.59. The Morgan fingerprint density at radius 3 is 2.79 bits per heavy atom. The van der Waals surface area contributed by atoms with Gasteiger partial charge in [0.15, 0.2) is 0 Å². The zero-order valence-corrected chi connectivity index (χ0v) is 13.3. The Kier molecular flexibility index (Phi) is 6.47. The Hall–Kier alpha value is -0.920. The van der Waals surface area contributed by atoms with Gasteiger partial charge in [-0.15, -0.1) is 0 Å². The van der Waals surface area contributed by atoms with Gasteiger partial charge in [-0.3, -0.25) is 4.79 Å². The average Bonchev–Trinajstić information content (AvgIpc) is 2.39. The molecule has 0 spiro atoms. The first-order valence-electron chi connectivity index (χ1n) is 6.36. The highest BCUT2D eigenvalue weighted by Crippen LogP contribution is 2.17. The van der Waals surface area contributed by atoms with Crippen LogP contribution in [-0.2, 0) is 6.54 Å². The predicted molar refractivity (Wildman–Crippen MR) is 81.5 cm³/mol. The number of rotatable bonds is 7. The van der Waals surface area contributed by atoms with Crippen LogP contribution in [-0.4, -0.2) is 47.9 Å². The van der Waals surface area contributed by atoms with Crippen LogP contribution >= 0.6 is 15.9 Å². The molecule has 1 aromatic heterocycles. The topological polar surface area (TPSA) is 76.2 Å². The first kappa shape index (κ1) is 16.1. The molecule has 0 bridgehead atoms. The van der Waals surface area contributed by atoms with Crippen molar-refractivity contribution in [3.8, 4) is 0 Å². The Morgan fingerprint density at radius 2 is 2.26 bits per heavy atom. The lowest BCUT2D eigenvalue weighted by Gasteiger charge is -2.17. The van der Waals surface area contributed by atoms with E-state index in [1.807, 2.05) is 25.9 Å². The van der Waals surface area contributed by atoms with Crippen molar-refractivity contribution in [3.05, 3.63) is 21.0 Å². The summed E-state index contributed by atoms with van der Waals surface area (Å²) in [6, 6.07) is 0.148. The molecule has 0 radical (unpaired) electrons. The Balaban J connectivity index is 2.88. The molecule has 1 aromatic rings. The van der Waals surface area contributed by atoms with Crippen LogP contribution < -0.4 is 16.6 Å². The van der Waals surface area contributed by atoms with Crippen molar-refractivity contribution in [2.75, 3.05) is 32.5 Å². The third-order valence-electron chi connectivity index (χ3n) is 2.88. The molecule has 1 atom stereocenters. The molecule has 0 aromatic carbocycles. The predicted octanol–water partition coefficient (Wildman–Crippen LogP) is 0.717.